The lowest BCUT2D eigenvalue weighted by Gasteiger charge is -2.12. The van der Waals surface area contributed by atoms with Gasteiger partial charge >= 0.3 is 0 Å². The van der Waals surface area contributed by atoms with Crippen LogP contribution in [0.25, 0.3) is 0 Å². The Morgan fingerprint density at radius 2 is 1.65 bits per heavy atom. The molecule has 0 aromatic heterocycles. The minimum Gasteiger partial charge on any atom is -0.493 e. The molecule has 3 N–H and O–H groups in total. The lowest BCUT2D eigenvalue weighted by molar-refractivity contribution is -0.115. The molecule has 0 aliphatic heterocycles. The first-order valence-electron chi connectivity index (χ1n) is 10.5. The lowest BCUT2D eigenvalue weighted by atomic mass is 10.0. The van der Waals surface area contributed by atoms with E-state index in [2.05, 4.69) is 42.6 Å². The summed E-state index contributed by atoms with van der Waals surface area (Å²) in [5, 5.41) is 3.00. The maximum absolute atomic E-state index is 12.6. The van der Waals surface area contributed by atoms with Crippen LogP contribution in [-0.4, -0.2) is 26.2 Å². The summed E-state index contributed by atoms with van der Waals surface area (Å²) in [5.41, 5.74) is 10.9. The number of carbonyl (C=O) groups excluding carboxylic acids is 1. The van der Waals surface area contributed by atoms with Crippen molar-refractivity contribution in [3.63, 3.8) is 0 Å². The summed E-state index contributed by atoms with van der Waals surface area (Å²) < 4.78 is 10.9. The predicted octanol–water partition coefficient (Wildman–Crippen LogP) is 4.31. The number of nitrogens with one attached hydrogen (secondary N) is 1. The molecule has 31 heavy (non-hydrogen) atoms. The number of hydrogen-bond acceptors (Lipinski definition) is 4. The van der Waals surface area contributed by atoms with E-state index in [1.54, 1.807) is 7.11 Å². The molecule has 3 rings (SSSR count). The molecule has 162 valence electrons. The fourth-order valence-corrected chi connectivity index (χ4v) is 3.46. The first-order valence-corrected chi connectivity index (χ1v) is 10.5. The molecule has 5 heteroatoms. The van der Waals surface area contributed by atoms with Crippen molar-refractivity contribution < 1.29 is 14.3 Å². The van der Waals surface area contributed by atoms with Crippen LogP contribution in [0.5, 0.6) is 11.5 Å². The molecule has 0 unspecified atom stereocenters. The molecular weight excluding hydrogens is 388 g/mol. The smallest absolute Gasteiger partial charge is 0.228 e. The van der Waals surface area contributed by atoms with Crippen LogP contribution in [0.15, 0.2) is 66.7 Å². The Hall–Kier alpha value is -3.31. The van der Waals surface area contributed by atoms with Gasteiger partial charge in [0.1, 0.15) is 6.61 Å². The zero-order valence-corrected chi connectivity index (χ0v) is 18.2. The summed E-state index contributed by atoms with van der Waals surface area (Å²) in [6.07, 6.45) is 2.15. The third-order valence-electron chi connectivity index (χ3n) is 4.96. The standard InChI is InChI=1S/C26H30N2O3/c1-19-5-3-6-20(15-19)9-10-21-7-4-8-23(16-21)28-26(29)18-22-11-12-24(31-14-13-27)25(17-22)30-2/h3-8,11-12,15-17H,9-10,13-14,18,27H2,1-2H3,(H,28,29). The van der Waals surface area contributed by atoms with Crippen LogP contribution < -0.4 is 20.5 Å². The van der Waals surface area contributed by atoms with Gasteiger partial charge < -0.3 is 20.5 Å². The summed E-state index contributed by atoms with van der Waals surface area (Å²) in [5.74, 6) is 1.14. The number of rotatable bonds is 10. The summed E-state index contributed by atoms with van der Waals surface area (Å²) in [6, 6.07) is 22.1. The molecule has 0 aliphatic rings. The third-order valence-corrected chi connectivity index (χ3v) is 4.96. The lowest BCUT2D eigenvalue weighted by Crippen LogP contribution is -2.15. The average Bonchev–Trinajstić information content (AvgIpc) is 2.77. The number of benzene rings is 3. The van der Waals surface area contributed by atoms with Crippen LogP contribution in [0.1, 0.15) is 22.3 Å². The molecule has 5 nitrogen and oxygen atoms in total. The van der Waals surface area contributed by atoms with Gasteiger partial charge in [0, 0.05) is 12.2 Å². The first-order chi connectivity index (χ1) is 15.1. The molecule has 0 saturated carbocycles. The van der Waals surface area contributed by atoms with Crippen molar-refractivity contribution >= 4 is 11.6 Å². The van der Waals surface area contributed by atoms with E-state index in [4.69, 9.17) is 15.2 Å². The maximum Gasteiger partial charge on any atom is 0.228 e. The van der Waals surface area contributed by atoms with E-state index in [0.29, 0.717) is 24.7 Å². The molecule has 1 amide bonds. The van der Waals surface area contributed by atoms with Crippen molar-refractivity contribution in [3.05, 3.63) is 89.0 Å². The van der Waals surface area contributed by atoms with Gasteiger partial charge in [-0.3, -0.25) is 4.79 Å². The summed E-state index contributed by atoms with van der Waals surface area (Å²) in [6.45, 7) is 2.95. The number of hydrogen-bond donors (Lipinski definition) is 2. The van der Waals surface area contributed by atoms with E-state index >= 15 is 0 Å². The molecule has 0 bridgehead atoms. The Morgan fingerprint density at radius 1 is 0.903 bits per heavy atom. The fraction of sp³-hybridized carbons (Fsp3) is 0.269. The molecule has 0 heterocycles. The second kappa shape index (κ2) is 11.2. The highest BCUT2D eigenvalue weighted by Crippen LogP contribution is 2.28. The van der Waals surface area contributed by atoms with E-state index in [1.165, 1.54) is 16.7 Å². The minimum atomic E-state index is -0.0755. The van der Waals surface area contributed by atoms with Crippen molar-refractivity contribution in [1.82, 2.24) is 0 Å². The summed E-state index contributed by atoms with van der Waals surface area (Å²) in [7, 11) is 1.58. The van der Waals surface area contributed by atoms with Crippen LogP contribution in [0.3, 0.4) is 0 Å². The quantitative estimate of drug-likeness (QED) is 0.515. The molecule has 0 radical (unpaired) electrons. The van der Waals surface area contributed by atoms with Crippen LogP contribution in [0.2, 0.25) is 0 Å². The molecule has 0 spiro atoms. The van der Waals surface area contributed by atoms with Crippen LogP contribution in [0.4, 0.5) is 5.69 Å². The SMILES string of the molecule is COc1cc(CC(=O)Nc2cccc(CCc3cccc(C)c3)c2)ccc1OCCN. The van der Waals surface area contributed by atoms with Gasteiger partial charge in [0.25, 0.3) is 0 Å². The summed E-state index contributed by atoms with van der Waals surface area (Å²) >= 11 is 0. The van der Waals surface area contributed by atoms with Gasteiger partial charge in [0.2, 0.25) is 5.91 Å². The van der Waals surface area contributed by atoms with Gasteiger partial charge in [0.05, 0.1) is 13.5 Å². The van der Waals surface area contributed by atoms with Crippen molar-refractivity contribution in [2.75, 3.05) is 25.6 Å². The largest absolute Gasteiger partial charge is 0.493 e. The van der Waals surface area contributed by atoms with Gasteiger partial charge in [-0.15, -0.1) is 0 Å². The minimum absolute atomic E-state index is 0.0755. The molecular formula is C26H30N2O3. The molecule has 0 aliphatic carbocycles. The fourth-order valence-electron chi connectivity index (χ4n) is 3.46. The van der Waals surface area contributed by atoms with Gasteiger partial charge in [-0.1, -0.05) is 48.0 Å². The zero-order chi connectivity index (χ0) is 22.1. The molecule has 0 fully saturated rings. The predicted molar refractivity (Wildman–Crippen MR) is 125 cm³/mol. The van der Waals surface area contributed by atoms with Crippen LogP contribution >= 0.6 is 0 Å². The highest BCUT2D eigenvalue weighted by Gasteiger charge is 2.10. The zero-order valence-electron chi connectivity index (χ0n) is 18.2. The Labute approximate surface area is 184 Å². The van der Waals surface area contributed by atoms with E-state index in [-0.39, 0.29) is 12.3 Å². The third kappa shape index (κ3) is 6.86. The Balaban J connectivity index is 1.58. The van der Waals surface area contributed by atoms with Crippen molar-refractivity contribution in [2.45, 2.75) is 26.2 Å². The van der Waals surface area contributed by atoms with Gasteiger partial charge in [-0.25, -0.2) is 0 Å². The normalized spacial score (nSPS) is 10.5. The summed E-state index contributed by atoms with van der Waals surface area (Å²) in [4.78, 5) is 12.6. The second-order valence-corrected chi connectivity index (χ2v) is 7.54. The number of anilines is 1. The van der Waals surface area contributed by atoms with Gasteiger partial charge in [0.15, 0.2) is 11.5 Å². The highest BCUT2D eigenvalue weighted by atomic mass is 16.5. The van der Waals surface area contributed by atoms with Crippen molar-refractivity contribution in [2.24, 2.45) is 5.73 Å². The Morgan fingerprint density at radius 3 is 2.35 bits per heavy atom. The average molecular weight is 419 g/mol. The van der Waals surface area contributed by atoms with Gasteiger partial charge in [-0.2, -0.15) is 0 Å². The van der Waals surface area contributed by atoms with E-state index in [0.717, 1.165) is 24.1 Å². The van der Waals surface area contributed by atoms with E-state index in [9.17, 15) is 4.79 Å². The topological polar surface area (TPSA) is 73.6 Å². The molecule has 0 saturated heterocycles. The van der Waals surface area contributed by atoms with Crippen molar-refractivity contribution in [1.29, 1.82) is 0 Å². The Kier molecular flexibility index (Phi) is 8.07. The van der Waals surface area contributed by atoms with E-state index < -0.39 is 0 Å². The number of aryl methyl sites for hydroxylation is 3. The molecule has 0 atom stereocenters. The first kappa shape index (κ1) is 22.4. The van der Waals surface area contributed by atoms with Crippen LogP contribution in [0, 0.1) is 6.92 Å². The maximum atomic E-state index is 12.6. The second-order valence-electron chi connectivity index (χ2n) is 7.54. The number of nitrogens with two attached hydrogens (primary N) is 1. The monoisotopic (exact) mass is 418 g/mol. The van der Waals surface area contributed by atoms with Crippen molar-refractivity contribution in [3.8, 4) is 11.5 Å². The molecule has 3 aromatic rings. The number of ether oxygens (including phenoxy) is 2. The van der Waals surface area contributed by atoms with Crippen LogP contribution in [-0.2, 0) is 24.1 Å². The molecule has 3 aromatic carbocycles. The number of methoxy groups -OCH3 is 1. The van der Waals surface area contributed by atoms with Gasteiger partial charge in [-0.05, 0) is 60.7 Å². The Bertz CT molecular complexity index is 1020. The highest BCUT2D eigenvalue weighted by molar-refractivity contribution is 5.92. The van der Waals surface area contributed by atoms with E-state index in [1.807, 2.05) is 36.4 Å². The number of carbonyl (C=O) groups is 1. The number of amides is 1.